The second-order valence-electron chi connectivity index (χ2n) is 4.30. The van der Waals surface area contributed by atoms with Crippen molar-refractivity contribution < 1.29 is 0 Å². The predicted molar refractivity (Wildman–Crippen MR) is 72.2 cm³/mol. The van der Waals surface area contributed by atoms with E-state index >= 15 is 0 Å². The standard InChI is InChI=1S/C15H15N3/c1-12-5-3-4-6-14(12)11-18(2)15-8-7-13(9-16)10-17-15/h3-8,10H,11H2,1-2H3. The van der Waals surface area contributed by atoms with Crippen LogP contribution < -0.4 is 4.90 Å². The van der Waals surface area contributed by atoms with Gasteiger partial charge in [-0.1, -0.05) is 24.3 Å². The van der Waals surface area contributed by atoms with Crippen molar-refractivity contribution in [1.82, 2.24) is 4.98 Å². The molecule has 3 nitrogen and oxygen atoms in total. The summed E-state index contributed by atoms with van der Waals surface area (Å²) in [7, 11) is 2.00. The molecular weight excluding hydrogens is 222 g/mol. The molecule has 0 N–H and O–H groups in total. The van der Waals surface area contributed by atoms with Crippen molar-refractivity contribution >= 4 is 5.82 Å². The van der Waals surface area contributed by atoms with Crippen molar-refractivity contribution in [3.8, 4) is 6.07 Å². The predicted octanol–water partition coefficient (Wildman–Crippen LogP) is 2.90. The first-order chi connectivity index (χ1) is 8.70. The summed E-state index contributed by atoms with van der Waals surface area (Å²) in [6, 6.07) is 14.0. The molecule has 1 aromatic carbocycles. The van der Waals surface area contributed by atoms with Crippen LogP contribution in [0.1, 0.15) is 16.7 Å². The van der Waals surface area contributed by atoms with Crippen LogP contribution in [-0.2, 0) is 6.54 Å². The van der Waals surface area contributed by atoms with E-state index in [1.165, 1.54) is 11.1 Å². The number of anilines is 1. The normalized spacial score (nSPS) is 9.83. The van der Waals surface area contributed by atoms with Gasteiger partial charge in [-0.25, -0.2) is 4.98 Å². The summed E-state index contributed by atoms with van der Waals surface area (Å²) in [5, 5.41) is 8.74. The Morgan fingerprint density at radius 3 is 2.61 bits per heavy atom. The minimum Gasteiger partial charge on any atom is -0.355 e. The highest BCUT2D eigenvalue weighted by Crippen LogP contribution is 2.15. The smallest absolute Gasteiger partial charge is 0.128 e. The van der Waals surface area contributed by atoms with Crippen LogP contribution in [0.2, 0.25) is 0 Å². The van der Waals surface area contributed by atoms with E-state index in [-0.39, 0.29) is 0 Å². The Labute approximate surface area is 107 Å². The lowest BCUT2D eigenvalue weighted by atomic mass is 10.1. The Balaban J connectivity index is 2.15. The summed E-state index contributed by atoms with van der Waals surface area (Å²) in [4.78, 5) is 6.35. The van der Waals surface area contributed by atoms with E-state index in [4.69, 9.17) is 5.26 Å². The van der Waals surface area contributed by atoms with E-state index < -0.39 is 0 Å². The Hall–Kier alpha value is -2.34. The first kappa shape index (κ1) is 12.1. The molecule has 2 rings (SSSR count). The van der Waals surface area contributed by atoms with Crippen LogP contribution in [0, 0.1) is 18.3 Å². The average Bonchev–Trinajstić information content (AvgIpc) is 2.41. The lowest BCUT2D eigenvalue weighted by molar-refractivity contribution is 0.890. The van der Waals surface area contributed by atoms with Gasteiger partial charge in [-0.2, -0.15) is 5.26 Å². The van der Waals surface area contributed by atoms with Gasteiger partial charge < -0.3 is 4.90 Å². The molecule has 0 unspecified atom stereocenters. The maximum atomic E-state index is 8.74. The zero-order valence-corrected chi connectivity index (χ0v) is 10.6. The van der Waals surface area contributed by atoms with E-state index in [0.29, 0.717) is 5.56 Å². The molecule has 3 heteroatoms. The molecule has 0 aliphatic rings. The van der Waals surface area contributed by atoms with Crippen LogP contribution in [0.25, 0.3) is 0 Å². The number of benzene rings is 1. The van der Waals surface area contributed by atoms with Gasteiger partial charge in [-0.15, -0.1) is 0 Å². The molecule has 1 heterocycles. The lowest BCUT2D eigenvalue weighted by Gasteiger charge is -2.19. The third kappa shape index (κ3) is 2.67. The van der Waals surface area contributed by atoms with E-state index in [0.717, 1.165) is 12.4 Å². The number of nitrogens with zero attached hydrogens (tertiary/aromatic N) is 3. The number of hydrogen-bond donors (Lipinski definition) is 0. The van der Waals surface area contributed by atoms with Gasteiger partial charge in [0, 0.05) is 19.8 Å². The molecule has 0 bridgehead atoms. The molecule has 1 aromatic heterocycles. The number of aryl methyl sites for hydroxylation is 1. The van der Waals surface area contributed by atoms with Gasteiger partial charge in [0.2, 0.25) is 0 Å². The molecule has 0 aliphatic heterocycles. The van der Waals surface area contributed by atoms with Crippen LogP contribution in [0.5, 0.6) is 0 Å². The summed E-state index contributed by atoms with van der Waals surface area (Å²) in [6.45, 7) is 2.92. The van der Waals surface area contributed by atoms with Gasteiger partial charge >= 0.3 is 0 Å². The fourth-order valence-electron chi connectivity index (χ4n) is 1.80. The first-order valence-electron chi connectivity index (χ1n) is 5.82. The van der Waals surface area contributed by atoms with Gasteiger partial charge in [0.05, 0.1) is 5.56 Å². The molecule has 0 amide bonds. The van der Waals surface area contributed by atoms with Crippen LogP contribution in [0.15, 0.2) is 42.6 Å². The Morgan fingerprint density at radius 2 is 2.00 bits per heavy atom. The number of aromatic nitrogens is 1. The highest BCUT2D eigenvalue weighted by molar-refractivity contribution is 5.42. The summed E-state index contributed by atoms with van der Waals surface area (Å²) in [6.07, 6.45) is 1.60. The molecule has 0 fully saturated rings. The summed E-state index contributed by atoms with van der Waals surface area (Å²) in [5.41, 5.74) is 3.15. The Bertz CT molecular complexity index is 567. The topological polar surface area (TPSA) is 39.9 Å². The fourth-order valence-corrected chi connectivity index (χ4v) is 1.80. The van der Waals surface area contributed by atoms with E-state index in [1.807, 2.05) is 25.2 Å². The number of nitriles is 1. The van der Waals surface area contributed by atoms with Gasteiger partial charge in [0.25, 0.3) is 0 Å². The van der Waals surface area contributed by atoms with Crippen LogP contribution in [-0.4, -0.2) is 12.0 Å². The highest BCUT2D eigenvalue weighted by atomic mass is 15.2. The number of pyridine rings is 1. The molecule has 0 saturated heterocycles. The second-order valence-corrected chi connectivity index (χ2v) is 4.30. The quantitative estimate of drug-likeness (QED) is 0.824. The summed E-state index contributed by atoms with van der Waals surface area (Å²) in [5.74, 6) is 0.872. The van der Waals surface area contributed by atoms with E-state index in [2.05, 4.69) is 35.0 Å². The minimum absolute atomic E-state index is 0.586. The highest BCUT2D eigenvalue weighted by Gasteiger charge is 2.05. The Kier molecular flexibility index (Phi) is 3.59. The maximum absolute atomic E-state index is 8.74. The SMILES string of the molecule is Cc1ccccc1CN(C)c1ccc(C#N)cn1. The molecule has 18 heavy (non-hydrogen) atoms. The van der Waals surface area contributed by atoms with Crippen molar-refractivity contribution in [3.63, 3.8) is 0 Å². The third-order valence-corrected chi connectivity index (χ3v) is 2.94. The average molecular weight is 237 g/mol. The lowest BCUT2D eigenvalue weighted by Crippen LogP contribution is -2.18. The van der Waals surface area contributed by atoms with Crippen molar-refractivity contribution in [3.05, 3.63) is 59.3 Å². The molecule has 0 atom stereocenters. The van der Waals surface area contributed by atoms with Gasteiger partial charge in [-0.3, -0.25) is 0 Å². The molecule has 0 spiro atoms. The largest absolute Gasteiger partial charge is 0.355 e. The van der Waals surface area contributed by atoms with Crippen LogP contribution in [0.4, 0.5) is 5.82 Å². The fraction of sp³-hybridized carbons (Fsp3) is 0.200. The Morgan fingerprint density at radius 1 is 1.22 bits per heavy atom. The molecular formula is C15H15N3. The van der Waals surface area contributed by atoms with Crippen molar-refractivity contribution in [2.75, 3.05) is 11.9 Å². The van der Waals surface area contributed by atoms with Gasteiger partial charge in [0.1, 0.15) is 11.9 Å². The van der Waals surface area contributed by atoms with Crippen LogP contribution >= 0.6 is 0 Å². The molecule has 0 radical (unpaired) electrons. The van der Waals surface area contributed by atoms with Crippen LogP contribution in [0.3, 0.4) is 0 Å². The molecule has 2 aromatic rings. The maximum Gasteiger partial charge on any atom is 0.128 e. The number of hydrogen-bond acceptors (Lipinski definition) is 3. The van der Waals surface area contributed by atoms with Gasteiger partial charge in [-0.05, 0) is 30.2 Å². The van der Waals surface area contributed by atoms with Crippen molar-refractivity contribution in [2.24, 2.45) is 0 Å². The molecule has 0 saturated carbocycles. The first-order valence-corrected chi connectivity index (χ1v) is 5.82. The monoisotopic (exact) mass is 237 g/mol. The van der Waals surface area contributed by atoms with Crippen molar-refractivity contribution in [1.29, 1.82) is 5.26 Å². The second kappa shape index (κ2) is 5.33. The van der Waals surface area contributed by atoms with E-state index in [1.54, 1.807) is 12.3 Å². The summed E-state index contributed by atoms with van der Waals surface area (Å²) < 4.78 is 0. The van der Waals surface area contributed by atoms with Crippen molar-refractivity contribution in [2.45, 2.75) is 13.5 Å². The minimum atomic E-state index is 0.586. The zero-order chi connectivity index (χ0) is 13.0. The summed E-state index contributed by atoms with van der Waals surface area (Å²) >= 11 is 0. The van der Waals surface area contributed by atoms with E-state index in [9.17, 15) is 0 Å². The number of rotatable bonds is 3. The molecule has 0 aliphatic carbocycles. The molecule has 90 valence electrons. The zero-order valence-electron chi connectivity index (χ0n) is 10.6. The van der Waals surface area contributed by atoms with Gasteiger partial charge in [0.15, 0.2) is 0 Å². The third-order valence-electron chi connectivity index (χ3n) is 2.94.